The number of esters is 1. The molecule has 1 aromatic carbocycles. The van der Waals surface area contributed by atoms with E-state index in [4.69, 9.17) is 16.3 Å². The van der Waals surface area contributed by atoms with Gasteiger partial charge < -0.3 is 9.30 Å². The topological polar surface area (TPSA) is 44.1 Å². The summed E-state index contributed by atoms with van der Waals surface area (Å²) in [5, 5.41) is 0.701. The van der Waals surface area contributed by atoms with Crippen LogP contribution in [0.3, 0.4) is 0 Å². The van der Waals surface area contributed by atoms with E-state index in [1.165, 1.54) is 7.11 Å². The first-order valence-electron chi connectivity index (χ1n) is 6.60. The standard InChI is InChI=1S/C15H15ClN2O2/c1-20-15(19)12-3-2-8-18-13(12)9-17-14(18)10-4-6-11(16)7-5-10/h4-7,9,12H,2-3,8H2,1H3. The van der Waals surface area contributed by atoms with Crippen LogP contribution >= 0.6 is 11.6 Å². The Labute approximate surface area is 122 Å². The lowest BCUT2D eigenvalue weighted by Crippen LogP contribution is -2.23. The molecule has 0 saturated carbocycles. The van der Waals surface area contributed by atoms with Gasteiger partial charge in [0.2, 0.25) is 0 Å². The lowest BCUT2D eigenvalue weighted by Gasteiger charge is -2.23. The number of halogens is 1. The van der Waals surface area contributed by atoms with Crippen LogP contribution in [0.4, 0.5) is 0 Å². The zero-order valence-electron chi connectivity index (χ0n) is 11.2. The van der Waals surface area contributed by atoms with Crippen molar-refractivity contribution in [1.29, 1.82) is 0 Å². The average Bonchev–Trinajstić information content (AvgIpc) is 2.91. The molecule has 104 valence electrons. The Morgan fingerprint density at radius 2 is 2.15 bits per heavy atom. The highest BCUT2D eigenvalue weighted by molar-refractivity contribution is 6.30. The molecule has 0 spiro atoms. The molecule has 1 aromatic heterocycles. The van der Waals surface area contributed by atoms with Gasteiger partial charge >= 0.3 is 5.97 Å². The number of aromatic nitrogens is 2. The molecule has 0 fully saturated rings. The van der Waals surface area contributed by atoms with E-state index in [1.54, 1.807) is 6.20 Å². The molecule has 0 amide bonds. The number of fused-ring (bicyclic) bond motifs is 1. The van der Waals surface area contributed by atoms with E-state index in [1.807, 2.05) is 24.3 Å². The Hall–Kier alpha value is -1.81. The van der Waals surface area contributed by atoms with Crippen molar-refractivity contribution in [3.63, 3.8) is 0 Å². The van der Waals surface area contributed by atoms with Gasteiger partial charge in [0.05, 0.1) is 18.7 Å². The zero-order valence-corrected chi connectivity index (χ0v) is 11.9. The quantitative estimate of drug-likeness (QED) is 0.798. The van der Waals surface area contributed by atoms with Crippen molar-refractivity contribution in [2.45, 2.75) is 25.3 Å². The number of benzene rings is 1. The number of hydrogen-bond acceptors (Lipinski definition) is 3. The predicted octanol–water partition coefficient (Wildman–Crippen LogP) is 3.25. The molecular weight excluding hydrogens is 276 g/mol. The molecule has 2 aromatic rings. The molecule has 5 heteroatoms. The van der Waals surface area contributed by atoms with Crippen LogP contribution in [0, 0.1) is 0 Å². The first-order valence-corrected chi connectivity index (χ1v) is 6.97. The third kappa shape index (κ3) is 2.20. The number of methoxy groups -OCH3 is 1. The van der Waals surface area contributed by atoms with Crippen molar-refractivity contribution >= 4 is 17.6 Å². The van der Waals surface area contributed by atoms with E-state index in [-0.39, 0.29) is 11.9 Å². The maximum atomic E-state index is 11.8. The van der Waals surface area contributed by atoms with Crippen molar-refractivity contribution in [2.75, 3.05) is 7.11 Å². The summed E-state index contributed by atoms with van der Waals surface area (Å²) in [7, 11) is 1.43. The minimum atomic E-state index is -0.206. The summed E-state index contributed by atoms with van der Waals surface area (Å²) >= 11 is 5.91. The van der Waals surface area contributed by atoms with Crippen LogP contribution in [0.5, 0.6) is 0 Å². The maximum Gasteiger partial charge on any atom is 0.314 e. The highest BCUT2D eigenvalue weighted by Crippen LogP contribution is 2.32. The monoisotopic (exact) mass is 290 g/mol. The van der Waals surface area contributed by atoms with Gasteiger partial charge in [0.15, 0.2) is 0 Å². The van der Waals surface area contributed by atoms with Gasteiger partial charge in [0.1, 0.15) is 5.82 Å². The Morgan fingerprint density at radius 1 is 1.40 bits per heavy atom. The fraction of sp³-hybridized carbons (Fsp3) is 0.333. The zero-order chi connectivity index (χ0) is 14.1. The summed E-state index contributed by atoms with van der Waals surface area (Å²) in [6, 6.07) is 7.58. The molecule has 1 unspecified atom stereocenters. The molecule has 1 atom stereocenters. The number of hydrogen-bond donors (Lipinski definition) is 0. The fourth-order valence-electron chi connectivity index (χ4n) is 2.71. The summed E-state index contributed by atoms with van der Waals surface area (Å²) in [5.41, 5.74) is 1.94. The van der Waals surface area contributed by atoms with Crippen molar-refractivity contribution < 1.29 is 9.53 Å². The predicted molar refractivity (Wildman–Crippen MR) is 76.7 cm³/mol. The van der Waals surface area contributed by atoms with Crippen LogP contribution in [0.2, 0.25) is 5.02 Å². The largest absolute Gasteiger partial charge is 0.469 e. The molecule has 0 N–H and O–H groups in total. The number of imidazole rings is 1. The SMILES string of the molecule is COC(=O)C1CCCn2c1cnc2-c1ccc(Cl)cc1. The first-order chi connectivity index (χ1) is 9.70. The van der Waals surface area contributed by atoms with Crippen LogP contribution in [0.15, 0.2) is 30.5 Å². The van der Waals surface area contributed by atoms with Crippen LogP contribution in [0.25, 0.3) is 11.4 Å². The average molecular weight is 291 g/mol. The van der Waals surface area contributed by atoms with E-state index in [0.29, 0.717) is 5.02 Å². The van der Waals surface area contributed by atoms with Gasteiger partial charge in [0.25, 0.3) is 0 Å². The lowest BCUT2D eigenvalue weighted by molar-refractivity contribution is -0.143. The van der Waals surface area contributed by atoms with Crippen molar-refractivity contribution in [3.05, 3.63) is 41.2 Å². The van der Waals surface area contributed by atoms with Gasteiger partial charge in [0, 0.05) is 23.3 Å². The Kier molecular flexibility index (Phi) is 3.49. The number of nitrogens with zero attached hydrogens (tertiary/aromatic N) is 2. The van der Waals surface area contributed by atoms with Gasteiger partial charge in [-0.2, -0.15) is 0 Å². The molecule has 2 heterocycles. The van der Waals surface area contributed by atoms with Crippen LogP contribution in [-0.2, 0) is 16.1 Å². The van der Waals surface area contributed by atoms with Crippen molar-refractivity contribution in [1.82, 2.24) is 9.55 Å². The Morgan fingerprint density at radius 3 is 2.85 bits per heavy atom. The maximum absolute atomic E-state index is 11.8. The summed E-state index contributed by atoms with van der Waals surface area (Å²) in [4.78, 5) is 16.3. The van der Waals surface area contributed by atoms with Gasteiger partial charge in [-0.05, 0) is 37.1 Å². The fourth-order valence-corrected chi connectivity index (χ4v) is 2.84. The molecule has 0 radical (unpaired) electrons. The number of ether oxygens (including phenoxy) is 1. The molecule has 4 nitrogen and oxygen atoms in total. The molecule has 1 aliphatic heterocycles. The second kappa shape index (κ2) is 5.29. The second-order valence-corrected chi connectivity index (χ2v) is 5.32. The summed E-state index contributed by atoms with van der Waals surface area (Å²) in [6.45, 7) is 0.876. The molecular formula is C15H15ClN2O2. The molecule has 1 aliphatic rings. The van der Waals surface area contributed by atoms with Gasteiger partial charge in [-0.3, -0.25) is 4.79 Å². The summed E-state index contributed by atoms with van der Waals surface area (Å²) < 4.78 is 6.99. The van der Waals surface area contributed by atoms with E-state index in [0.717, 1.165) is 36.5 Å². The van der Waals surface area contributed by atoms with E-state index in [2.05, 4.69) is 9.55 Å². The summed E-state index contributed by atoms with van der Waals surface area (Å²) in [5.74, 6) is 0.487. The smallest absolute Gasteiger partial charge is 0.314 e. The van der Waals surface area contributed by atoms with Crippen LogP contribution < -0.4 is 0 Å². The van der Waals surface area contributed by atoms with Gasteiger partial charge in [-0.25, -0.2) is 4.98 Å². The third-order valence-electron chi connectivity index (χ3n) is 3.71. The van der Waals surface area contributed by atoms with E-state index >= 15 is 0 Å². The summed E-state index contributed by atoms with van der Waals surface area (Å²) in [6.07, 6.45) is 3.55. The van der Waals surface area contributed by atoms with Crippen molar-refractivity contribution in [2.24, 2.45) is 0 Å². The van der Waals surface area contributed by atoms with Crippen LogP contribution in [-0.4, -0.2) is 22.6 Å². The highest BCUT2D eigenvalue weighted by atomic mass is 35.5. The Bertz CT molecular complexity index is 634. The number of rotatable bonds is 2. The normalized spacial score (nSPS) is 17.6. The number of carbonyl (C=O) groups is 1. The Balaban J connectivity index is 2.02. The minimum absolute atomic E-state index is 0.187. The van der Waals surface area contributed by atoms with Crippen LogP contribution in [0.1, 0.15) is 24.5 Å². The van der Waals surface area contributed by atoms with Gasteiger partial charge in [-0.1, -0.05) is 11.6 Å². The molecule has 20 heavy (non-hydrogen) atoms. The highest BCUT2D eigenvalue weighted by Gasteiger charge is 2.29. The number of carbonyl (C=O) groups excluding carboxylic acids is 1. The first kappa shape index (κ1) is 13.2. The molecule has 0 bridgehead atoms. The molecule has 3 rings (SSSR count). The minimum Gasteiger partial charge on any atom is -0.469 e. The lowest BCUT2D eigenvalue weighted by atomic mass is 9.96. The molecule has 0 saturated heterocycles. The third-order valence-corrected chi connectivity index (χ3v) is 3.96. The van der Waals surface area contributed by atoms with E-state index in [9.17, 15) is 4.79 Å². The van der Waals surface area contributed by atoms with Crippen molar-refractivity contribution in [3.8, 4) is 11.4 Å². The molecule has 0 aliphatic carbocycles. The second-order valence-electron chi connectivity index (χ2n) is 4.88. The van der Waals surface area contributed by atoms with Gasteiger partial charge in [-0.15, -0.1) is 0 Å². The van der Waals surface area contributed by atoms with E-state index < -0.39 is 0 Å².